The first kappa shape index (κ1) is 13.6. The summed E-state index contributed by atoms with van der Waals surface area (Å²) >= 11 is 3.48. The smallest absolute Gasteiger partial charge is 0.227 e. The van der Waals surface area contributed by atoms with E-state index in [-0.39, 0.29) is 5.91 Å². The molecule has 0 aliphatic carbocycles. The summed E-state index contributed by atoms with van der Waals surface area (Å²) in [6.45, 7) is 5.17. The number of carbonyl (C=O) groups is 1. The van der Waals surface area contributed by atoms with E-state index in [1.54, 1.807) is 0 Å². The molecule has 0 N–H and O–H groups in total. The molecule has 0 radical (unpaired) electrons. The Morgan fingerprint density at radius 3 is 3.00 bits per heavy atom. The van der Waals surface area contributed by atoms with Gasteiger partial charge >= 0.3 is 0 Å². The molecule has 0 fully saturated rings. The maximum absolute atomic E-state index is 12.3. The minimum Gasteiger partial charge on any atom is -0.312 e. The largest absolute Gasteiger partial charge is 0.312 e. The minimum atomic E-state index is 0.275. The molecule has 1 aliphatic rings. The summed E-state index contributed by atoms with van der Waals surface area (Å²) in [6.07, 6.45) is 3.93. The Labute approximate surface area is 117 Å². The zero-order valence-electron chi connectivity index (χ0n) is 11.1. The molecule has 18 heavy (non-hydrogen) atoms. The third-order valence-electron chi connectivity index (χ3n) is 3.54. The molecule has 1 atom stereocenters. The zero-order chi connectivity index (χ0) is 13.1. The van der Waals surface area contributed by atoms with E-state index in [1.165, 1.54) is 5.56 Å². The van der Waals surface area contributed by atoms with Gasteiger partial charge in [-0.05, 0) is 36.1 Å². The average molecular weight is 310 g/mol. The summed E-state index contributed by atoms with van der Waals surface area (Å²) in [5, 5.41) is 0. The number of carbonyl (C=O) groups excluding carboxylic acids is 1. The Balaban J connectivity index is 2.06. The van der Waals surface area contributed by atoms with Crippen LogP contribution in [0.1, 0.15) is 38.7 Å². The molecular formula is C15H20BrNO. The number of anilines is 1. The predicted molar refractivity (Wildman–Crippen MR) is 78.9 cm³/mol. The van der Waals surface area contributed by atoms with Gasteiger partial charge in [-0.15, -0.1) is 0 Å². The minimum absolute atomic E-state index is 0.275. The van der Waals surface area contributed by atoms with Gasteiger partial charge < -0.3 is 4.90 Å². The first-order chi connectivity index (χ1) is 8.61. The van der Waals surface area contributed by atoms with E-state index in [0.29, 0.717) is 12.3 Å². The van der Waals surface area contributed by atoms with Crippen LogP contribution in [0.5, 0.6) is 0 Å². The summed E-state index contributed by atoms with van der Waals surface area (Å²) in [7, 11) is 0. The van der Waals surface area contributed by atoms with E-state index in [1.807, 2.05) is 11.0 Å². The molecule has 98 valence electrons. The monoisotopic (exact) mass is 309 g/mol. The molecule has 1 aromatic rings. The molecule has 1 unspecified atom stereocenters. The molecular weight excluding hydrogens is 290 g/mol. The van der Waals surface area contributed by atoms with Crippen molar-refractivity contribution in [2.45, 2.75) is 39.5 Å². The van der Waals surface area contributed by atoms with Crippen molar-refractivity contribution in [3.8, 4) is 0 Å². The van der Waals surface area contributed by atoms with Gasteiger partial charge in [-0.25, -0.2) is 0 Å². The molecule has 1 heterocycles. The normalized spacial score (nSPS) is 15.6. The quantitative estimate of drug-likeness (QED) is 0.817. The van der Waals surface area contributed by atoms with Gasteiger partial charge in [0, 0.05) is 23.1 Å². The first-order valence-electron chi connectivity index (χ1n) is 6.70. The molecule has 0 aromatic heterocycles. The highest BCUT2D eigenvalue weighted by molar-refractivity contribution is 9.10. The third-order valence-corrected chi connectivity index (χ3v) is 4.04. The molecule has 2 rings (SSSR count). The van der Waals surface area contributed by atoms with Gasteiger partial charge in [0.15, 0.2) is 0 Å². The highest BCUT2D eigenvalue weighted by atomic mass is 79.9. The van der Waals surface area contributed by atoms with Crippen LogP contribution in [0.2, 0.25) is 0 Å². The van der Waals surface area contributed by atoms with Crippen LogP contribution in [0, 0.1) is 5.92 Å². The number of benzene rings is 1. The summed E-state index contributed by atoms with van der Waals surface area (Å²) in [5.41, 5.74) is 2.38. The number of nitrogens with zero attached hydrogens (tertiary/aromatic N) is 1. The fourth-order valence-corrected chi connectivity index (χ4v) is 3.04. The molecule has 1 aromatic carbocycles. The number of rotatable bonds is 4. The number of hydrogen-bond acceptors (Lipinski definition) is 1. The van der Waals surface area contributed by atoms with Crippen LogP contribution >= 0.6 is 15.9 Å². The highest BCUT2D eigenvalue weighted by Gasteiger charge is 2.25. The molecule has 2 nitrogen and oxygen atoms in total. The lowest BCUT2D eigenvalue weighted by Gasteiger charge is -2.19. The zero-order valence-corrected chi connectivity index (χ0v) is 12.7. The second-order valence-electron chi connectivity index (χ2n) is 5.17. The SMILES string of the molecule is CCCC(C)CC(=O)N1CCc2cc(Br)ccc21. The number of halogens is 1. The highest BCUT2D eigenvalue weighted by Crippen LogP contribution is 2.31. The van der Waals surface area contributed by atoms with Gasteiger partial charge in [0.2, 0.25) is 5.91 Å². The van der Waals surface area contributed by atoms with Crippen molar-refractivity contribution in [1.29, 1.82) is 0 Å². The van der Waals surface area contributed by atoms with Crippen LogP contribution in [0.4, 0.5) is 5.69 Å². The van der Waals surface area contributed by atoms with Gasteiger partial charge in [0.05, 0.1) is 0 Å². The van der Waals surface area contributed by atoms with E-state index in [2.05, 4.69) is 41.9 Å². The maximum atomic E-state index is 12.3. The number of hydrogen-bond donors (Lipinski definition) is 0. The summed E-state index contributed by atoms with van der Waals surface area (Å²) < 4.78 is 1.09. The average Bonchev–Trinajstić information content (AvgIpc) is 2.71. The van der Waals surface area contributed by atoms with Crippen molar-refractivity contribution in [3.63, 3.8) is 0 Å². The van der Waals surface area contributed by atoms with Crippen LogP contribution in [0.3, 0.4) is 0 Å². The van der Waals surface area contributed by atoms with Crippen LogP contribution < -0.4 is 4.90 Å². The van der Waals surface area contributed by atoms with E-state index in [0.717, 1.165) is 36.0 Å². The molecule has 0 saturated carbocycles. The Hall–Kier alpha value is -0.830. The lowest BCUT2D eigenvalue weighted by molar-refractivity contribution is -0.119. The second kappa shape index (κ2) is 5.87. The van der Waals surface area contributed by atoms with Crippen molar-refractivity contribution in [1.82, 2.24) is 0 Å². The molecule has 0 saturated heterocycles. The number of fused-ring (bicyclic) bond motifs is 1. The molecule has 0 bridgehead atoms. The van der Waals surface area contributed by atoms with E-state index >= 15 is 0 Å². The van der Waals surface area contributed by atoms with Crippen LogP contribution in [0.15, 0.2) is 22.7 Å². The van der Waals surface area contributed by atoms with Gasteiger partial charge in [-0.2, -0.15) is 0 Å². The predicted octanol–water partition coefficient (Wildman–Crippen LogP) is 4.16. The molecule has 0 spiro atoms. The Morgan fingerprint density at radius 1 is 1.50 bits per heavy atom. The lowest BCUT2D eigenvalue weighted by Crippen LogP contribution is -2.30. The fourth-order valence-electron chi connectivity index (χ4n) is 2.63. The van der Waals surface area contributed by atoms with Crippen molar-refractivity contribution in [3.05, 3.63) is 28.2 Å². The molecule has 1 amide bonds. The van der Waals surface area contributed by atoms with Gasteiger partial charge in [0.1, 0.15) is 0 Å². The third kappa shape index (κ3) is 2.94. The van der Waals surface area contributed by atoms with Crippen molar-refractivity contribution in [2.24, 2.45) is 5.92 Å². The summed E-state index contributed by atoms with van der Waals surface area (Å²) in [5.74, 6) is 0.763. The van der Waals surface area contributed by atoms with E-state index in [9.17, 15) is 4.79 Å². The van der Waals surface area contributed by atoms with Gasteiger partial charge in [-0.1, -0.05) is 42.6 Å². The number of amides is 1. The summed E-state index contributed by atoms with van der Waals surface area (Å²) in [4.78, 5) is 14.2. The van der Waals surface area contributed by atoms with Crippen molar-refractivity contribution in [2.75, 3.05) is 11.4 Å². The topological polar surface area (TPSA) is 20.3 Å². The van der Waals surface area contributed by atoms with Gasteiger partial charge in [0.25, 0.3) is 0 Å². The Kier molecular flexibility index (Phi) is 4.44. The van der Waals surface area contributed by atoms with Crippen LogP contribution in [-0.2, 0) is 11.2 Å². The first-order valence-corrected chi connectivity index (χ1v) is 7.50. The maximum Gasteiger partial charge on any atom is 0.227 e. The molecule has 1 aliphatic heterocycles. The van der Waals surface area contributed by atoms with Crippen LogP contribution in [0.25, 0.3) is 0 Å². The standard InChI is InChI=1S/C15H20BrNO/c1-3-4-11(2)9-15(18)17-8-7-12-10-13(16)5-6-14(12)17/h5-6,10-11H,3-4,7-9H2,1-2H3. The van der Waals surface area contributed by atoms with E-state index < -0.39 is 0 Å². The van der Waals surface area contributed by atoms with Gasteiger partial charge in [-0.3, -0.25) is 4.79 Å². The van der Waals surface area contributed by atoms with Crippen molar-refractivity contribution >= 4 is 27.5 Å². The summed E-state index contributed by atoms with van der Waals surface area (Å²) in [6, 6.07) is 6.19. The van der Waals surface area contributed by atoms with E-state index in [4.69, 9.17) is 0 Å². The Morgan fingerprint density at radius 2 is 2.28 bits per heavy atom. The lowest BCUT2D eigenvalue weighted by atomic mass is 10.0. The Bertz CT molecular complexity index is 444. The second-order valence-corrected chi connectivity index (χ2v) is 6.08. The van der Waals surface area contributed by atoms with Crippen LogP contribution in [-0.4, -0.2) is 12.5 Å². The van der Waals surface area contributed by atoms with Crippen molar-refractivity contribution < 1.29 is 4.79 Å². The fraction of sp³-hybridized carbons (Fsp3) is 0.533. The molecule has 3 heteroatoms.